The third-order valence-electron chi connectivity index (χ3n) is 4.72. The average molecular weight is 354 g/mol. The summed E-state index contributed by atoms with van der Waals surface area (Å²) in [6, 6.07) is 5.71. The van der Waals surface area contributed by atoms with Crippen molar-refractivity contribution in [1.82, 2.24) is 0 Å². The molecule has 7 heteroatoms. The van der Waals surface area contributed by atoms with E-state index in [2.05, 4.69) is 18.4 Å². The van der Waals surface area contributed by atoms with Crippen molar-refractivity contribution < 1.29 is 27.4 Å². The Kier molecular flexibility index (Phi) is 5.15. The highest BCUT2D eigenvalue weighted by molar-refractivity contribution is 7.85. The maximum atomic E-state index is 10.9. The van der Waals surface area contributed by atoms with Gasteiger partial charge in [0.25, 0.3) is 10.1 Å². The van der Waals surface area contributed by atoms with E-state index < -0.39 is 16.1 Å². The summed E-state index contributed by atoms with van der Waals surface area (Å²) in [5, 5.41) is 8.97. The van der Waals surface area contributed by atoms with Crippen LogP contribution in [0.3, 0.4) is 0 Å². The molecule has 0 atom stereocenters. The fraction of sp³-hybridized carbons (Fsp3) is 0.529. The molecule has 0 unspecified atom stereocenters. The minimum Gasteiger partial charge on any atom is -0.481 e. The van der Waals surface area contributed by atoms with Gasteiger partial charge in [-0.15, -0.1) is 0 Å². The standard InChI is InChI=1S/C17H23NO5S/c1-12-17(2,3)14-10-13(11-16(19)20)6-7-15(14)18(12)8-4-5-9-24(21,22)23/h6-7,10H,4-5,8-9,11H2,1-3H3,(H-,19,20,21,22,23)/p+1. The van der Waals surface area contributed by atoms with Crippen molar-refractivity contribution in [1.29, 1.82) is 0 Å². The van der Waals surface area contributed by atoms with Crippen LogP contribution in [0.4, 0.5) is 5.69 Å². The lowest BCUT2D eigenvalue weighted by Gasteiger charge is -2.15. The van der Waals surface area contributed by atoms with Gasteiger partial charge in [-0.1, -0.05) is 6.07 Å². The van der Waals surface area contributed by atoms with Gasteiger partial charge in [0.1, 0.15) is 6.54 Å². The Bertz CT molecular complexity index is 793. The molecule has 1 aliphatic heterocycles. The number of hydrogen-bond donors (Lipinski definition) is 2. The Labute approximate surface area is 142 Å². The van der Waals surface area contributed by atoms with Crippen LogP contribution < -0.4 is 0 Å². The molecule has 0 amide bonds. The molecular formula is C17H24NO5S+. The smallest absolute Gasteiger partial charge is 0.307 e. The van der Waals surface area contributed by atoms with Crippen LogP contribution in [0.5, 0.6) is 0 Å². The zero-order valence-electron chi connectivity index (χ0n) is 14.2. The van der Waals surface area contributed by atoms with Gasteiger partial charge in [-0.3, -0.25) is 9.35 Å². The molecule has 1 heterocycles. The van der Waals surface area contributed by atoms with Crippen molar-refractivity contribution in [2.45, 2.75) is 45.4 Å². The summed E-state index contributed by atoms with van der Waals surface area (Å²) < 4.78 is 32.6. The van der Waals surface area contributed by atoms with E-state index in [0.29, 0.717) is 19.4 Å². The molecule has 1 aromatic carbocycles. The van der Waals surface area contributed by atoms with E-state index in [0.717, 1.165) is 22.5 Å². The molecule has 0 fully saturated rings. The van der Waals surface area contributed by atoms with Crippen LogP contribution in [0, 0.1) is 0 Å². The Morgan fingerprint density at radius 1 is 1.25 bits per heavy atom. The molecule has 0 bridgehead atoms. The van der Waals surface area contributed by atoms with Gasteiger partial charge in [0.2, 0.25) is 5.69 Å². The number of benzene rings is 1. The summed E-state index contributed by atoms with van der Waals surface area (Å²) in [5.74, 6) is -1.08. The summed E-state index contributed by atoms with van der Waals surface area (Å²) in [6.45, 7) is 6.91. The van der Waals surface area contributed by atoms with Crippen LogP contribution in [0.2, 0.25) is 0 Å². The van der Waals surface area contributed by atoms with E-state index in [4.69, 9.17) is 9.66 Å². The maximum absolute atomic E-state index is 10.9. The molecule has 2 N–H and O–H groups in total. The minimum atomic E-state index is -3.91. The first-order chi connectivity index (χ1) is 11.0. The number of carbonyl (C=O) groups is 1. The van der Waals surface area contributed by atoms with E-state index in [-0.39, 0.29) is 17.6 Å². The molecule has 0 radical (unpaired) electrons. The summed E-state index contributed by atoms with van der Waals surface area (Å²) in [6.07, 6.45) is 1.04. The van der Waals surface area contributed by atoms with Gasteiger partial charge in [-0.25, -0.2) is 0 Å². The topological polar surface area (TPSA) is 94.7 Å². The van der Waals surface area contributed by atoms with Gasteiger partial charge in [0.05, 0.1) is 17.6 Å². The fourth-order valence-corrected chi connectivity index (χ4v) is 3.73. The first-order valence-electron chi connectivity index (χ1n) is 7.94. The molecule has 24 heavy (non-hydrogen) atoms. The Morgan fingerprint density at radius 2 is 1.92 bits per heavy atom. The summed E-state index contributed by atoms with van der Waals surface area (Å²) in [7, 11) is -3.91. The third kappa shape index (κ3) is 4.02. The van der Waals surface area contributed by atoms with Crippen LogP contribution in [0.1, 0.15) is 44.7 Å². The summed E-state index contributed by atoms with van der Waals surface area (Å²) in [4.78, 5) is 10.9. The normalized spacial score (nSPS) is 16.3. The quantitative estimate of drug-likeness (QED) is 0.445. The Balaban J connectivity index is 2.22. The van der Waals surface area contributed by atoms with Gasteiger partial charge >= 0.3 is 5.97 Å². The van der Waals surface area contributed by atoms with Crippen LogP contribution >= 0.6 is 0 Å². The number of carboxylic acids is 1. The molecule has 1 aromatic rings. The molecule has 6 nitrogen and oxygen atoms in total. The van der Waals surface area contributed by atoms with E-state index in [1.807, 2.05) is 25.1 Å². The zero-order chi connectivity index (χ0) is 18.1. The SMILES string of the molecule is CC1=[N+](CCCCS(=O)(=O)O)c2ccc(CC(=O)O)cc2C1(C)C. The minimum absolute atomic E-state index is 0.00321. The van der Waals surface area contributed by atoms with E-state index >= 15 is 0 Å². The number of carboxylic acid groups (broad SMARTS) is 1. The number of fused-ring (bicyclic) bond motifs is 1. The van der Waals surface area contributed by atoms with Crippen molar-refractivity contribution >= 4 is 27.5 Å². The molecular weight excluding hydrogens is 330 g/mol. The van der Waals surface area contributed by atoms with Crippen molar-refractivity contribution in [2.75, 3.05) is 12.3 Å². The maximum Gasteiger partial charge on any atom is 0.307 e. The van der Waals surface area contributed by atoms with E-state index in [1.165, 1.54) is 0 Å². The Morgan fingerprint density at radius 3 is 2.50 bits per heavy atom. The van der Waals surface area contributed by atoms with Gasteiger partial charge in [-0.05, 0) is 31.9 Å². The van der Waals surface area contributed by atoms with E-state index in [1.54, 1.807) is 0 Å². The van der Waals surface area contributed by atoms with Crippen molar-refractivity contribution in [3.05, 3.63) is 29.3 Å². The number of rotatable bonds is 7. The first kappa shape index (κ1) is 18.6. The highest BCUT2D eigenvalue weighted by atomic mass is 32.2. The largest absolute Gasteiger partial charge is 0.481 e. The fourth-order valence-electron chi connectivity index (χ4n) is 3.16. The molecule has 2 rings (SSSR count). The lowest BCUT2D eigenvalue weighted by molar-refractivity contribution is -0.439. The second kappa shape index (κ2) is 6.64. The number of aliphatic carboxylic acids is 1. The molecule has 0 saturated heterocycles. The van der Waals surface area contributed by atoms with Gasteiger partial charge in [0, 0.05) is 25.0 Å². The van der Waals surface area contributed by atoms with Gasteiger partial charge in [-0.2, -0.15) is 13.0 Å². The predicted molar refractivity (Wildman–Crippen MR) is 91.9 cm³/mol. The number of hydrogen-bond acceptors (Lipinski definition) is 3. The first-order valence-corrected chi connectivity index (χ1v) is 9.55. The molecule has 0 saturated carbocycles. The van der Waals surface area contributed by atoms with Crippen LogP contribution in [-0.2, 0) is 26.7 Å². The molecule has 0 spiro atoms. The lowest BCUT2D eigenvalue weighted by Crippen LogP contribution is -2.26. The average Bonchev–Trinajstić information content (AvgIpc) is 2.62. The monoisotopic (exact) mass is 354 g/mol. The number of unbranched alkanes of at least 4 members (excludes halogenated alkanes) is 1. The highest BCUT2D eigenvalue weighted by Gasteiger charge is 2.42. The summed E-state index contributed by atoms with van der Waals surface area (Å²) in [5.41, 5.74) is 3.85. The van der Waals surface area contributed by atoms with Crippen LogP contribution in [0.15, 0.2) is 18.2 Å². The lowest BCUT2D eigenvalue weighted by atomic mass is 9.81. The second-order valence-electron chi connectivity index (χ2n) is 6.78. The predicted octanol–water partition coefficient (Wildman–Crippen LogP) is 2.38. The van der Waals surface area contributed by atoms with Crippen molar-refractivity contribution in [2.24, 2.45) is 0 Å². The third-order valence-corrected chi connectivity index (χ3v) is 5.53. The van der Waals surface area contributed by atoms with Gasteiger partial charge in [0.15, 0.2) is 5.71 Å². The molecule has 132 valence electrons. The second-order valence-corrected chi connectivity index (χ2v) is 8.35. The summed E-state index contributed by atoms with van der Waals surface area (Å²) >= 11 is 0. The molecule has 1 aliphatic rings. The number of nitrogens with zero attached hydrogens (tertiary/aromatic N) is 1. The Hall–Kier alpha value is -1.73. The zero-order valence-corrected chi connectivity index (χ0v) is 15.1. The highest BCUT2D eigenvalue weighted by Crippen LogP contribution is 2.40. The van der Waals surface area contributed by atoms with Crippen molar-refractivity contribution in [3.63, 3.8) is 0 Å². The molecule has 0 aromatic heterocycles. The van der Waals surface area contributed by atoms with E-state index in [9.17, 15) is 13.2 Å². The van der Waals surface area contributed by atoms with Gasteiger partial charge < -0.3 is 5.11 Å². The van der Waals surface area contributed by atoms with Crippen molar-refractivity contribution in [3.8, 4) is 0 Å². The molecule has 0 aliphatic carbocycles. The van der Waals surface area contributed by atoms with Crippen LogP contribution in [-0.4, -0.2) is 46.6 Å². The van der Waals surface area contributed by atoms with Crippen LogP contribution in [0.25, 0.3) is 0 Å².